The molecule has 0 bridgehead atoms. The molecule has 0 spiro atoms. The van der Waals surface area contributed by atoms with E-state index in [0.29, 0.717) is 18.2 Å². The molecule has 0 radical (unpaired) electrons. The van der Waals surface area contributed by atoms with Crippen LogP contribution in [-0.2, 0) is 13.2 Å². The van der Waals surface area contributed by atoms with Crippen molar-refractivity contribution in [2.45, 2.75) is 13.2 Å². The highest BCUT2D eigenvalue weighted by atomic mass is 79.9. The second-order valence-corrected chi connectivity index (χ2v) is 5.54. The Morgan fingerprint density at radius 2 is 2.05 bits per heavy atom. The van der Waals surface area contributed by atoms with Crippen LogP contribution in [0.4, 0.5) is 4.39 Å². The first-order valence-electron chi connectivity index (χ1n) is 6.10. The van der Waals surface area contributed by atoms with Gasteiger partial charge in [-0.05, 0) is 41.2 Å². The molecule has 0 amide bonds. The quantitative estimate of drug-likeness (QED) is 0.847. The molecule has 5 heteroatoms. The summed E-state index contributed by atoms with van der Waals surface area (Å²) >= 11 is 9.47. The number of hydrogen-bond acceptors (Lipinski definition) is 2. The highest BCUT2D eigenvalue weighted by molar-refractivity contribution is 9.10. The van der Waals surface area contributed by atoms with Crippen LogP contribution in [-0.4, -0.2) is 7.05 Å². The van der Waals surface area contributed by atoms with Crippen LogP contribution < -0.4 is 10.1 Å². The van der Waals surface area contributed by atoms with Crippen LogP contribution in [0.2, 0.25) is 5.02 Å². The normalized spacial score (nSPS) is 10.6. The number of benzene rings is 2. The van der Waals surface area contributed by atoms with Gasteiger partial charge in [0.15, 0.2) is 0 Å². The van der Waals surface area contributed by atoms with E-state index in [0.717, 1.165) is 21.3 Å². The zero-order valence-corrected chi connectivity index (χ0v) is 13.3. The van der Waals surface area contributed by atoms with E-state index >= 15 is 0 Å². The molecule has 1 N–H and O–H groups in total. The minimum atomic E-state index is -0.351. The fourth-order valence-electron chi connectivity index (χ4n) is 1.83. The maximum absolute atomic E-state index is 13.0. The minimum Gasteiger partial charge on any atom is -0.487 e. The van der Waals surface area contributed by atoms with E-state index in [9.17, 15) is 4.39 Å². The van der Waals surface area contributed by atoms with Crippen molar-refractivity contribution in [2.75, 3.05) is 7.05 Å². The zero-order chi connectivity index (χ0) is 14.5. The minimum absolute atomic E-state index is 0.290. The number of hydrogen-bond donors (Lipinski definition) is 1. The summed E-state index contributed by atoms with van der Waals surface area (Å²) < 4.78 is 19.7. The second kappa shape index (κ2) is 7.07. The Morgan fingerprint density at radius 1 is 1.25 bits per heavy atom. The average Bonchev–Trinajstić information content (AvgIpc) is 2.40. The van der Waals surface area contributed by atoms with E-state index in [2.05, 4.69) is 21.2 Å². The van der Waals surface area contributed by atoms with Gasteiger partial charge in [0.25, 0.3) is 0 Å². The van der Waals surface area contributed by atoms with E-state index in [-0.39, 0.29) is 5.82 Å². The largest absolute Gasteiger partial charge is 0.487 e. The van der Waals surface area contributed by atoms with Crippen LogP contribution in [0.1, 0.15) is 11.1 Å². The molecule has 0 aliphatic carbocycles. The lowest BCUT2D eigenvalue weighted by Gasteiger charge is -2.14. The molecule has 0 atom stereocenters. The second-order valence-electron chi connectivity index (χ2n) is 4.28. The molecule has 106 valence electrons. The molecule has 2 aromatic carbocycles. The molecule has 0 fully saturated rings. The van der Waals surface area contributed by atoms with E-state index in [4.69, 9.17) is 16.3 Å². The number of para-hydroxylation sites is 1. The van der Waals surface area contributed by atoms with Gasteiger partial charge in [-0.15, -0.1) is 0 Å². The van der Waals surface area contributed by atoms with E-state index in [1.165, 1.54) is 12.1 Å². The van der Waals surface area contributed by atoms with Crippen molar-refractivity contribution in [2.24, 2.45) is 0 Å². The Kier molecular flexibility index (Phi) is 5.40. The van der Waals surface area contributed by atoms with Gasteiger partial charge in [0, 0.05) is 17.7 Å². The molecule has 20 heavy (non-hydrogen) atoms. The molecule has 0 aromatic heterocycles. The lowest BCUT2D eigenvalue weighted by molar-refractivity contribution is 0.300. The van der Waals surface area contributed by atoms with Crippen molar-refractivity contribution in [1.82, 2.24) is 5.32 Å². The Labute approximate surface area is 131 Å². The van der Waals surface area contributed by atoms with Crippen LogP contribution in [0.25, 0.3) is 0 Å². The van der Waals surface area contributed by atoms with Gasteiger partial charge in [-0.25, -0.2) is 4.39 Å². The Bertz CT molecular complexity index is 606. The molecular weight excluding hydrogens is 345 g/mol. The van der Waals surface area contributed by atoms with Gasteiger partial charge in [-0.2, -0.15) is 0 Å². The number of ether oxygens (including phenoxy) is 1. The predicted octanol–water partition coefficient (Wildman–Crippen LogP) is 4.54. The number of halogens is 3. The highest BCUT2D eigenvalue weighted by Gasteiger charge is 2.09. The lowest BCUT2D eigenvalue weighted by Crippen LogP contribution is -2.08. The summed E-state index contributed by atoms with van der Waals surface area (Å²) in [7, 11) is 1.88. The zero-order valence-electron chi connectivity index (χ0n) is 10.9. The van der Waals surface area contributed by atoms with Crippen LogP contribution in [0.3, 0.4) is 0 Å². The van der Waals surface area contributed by atoms with Crippen LogP contribution in [0.15, 0.2) is 40.9 Å². The van der Waals surface area contributed by atoms with Crippen molar-refractivity contribution in [3.05, 3.63) is 62.8 Å². The van der Waals surface area contributed by atoms with Crippen LogP contribution >= 0.6 is 27.5 Å². The Hall–Kier alpha value is -1.10. The molecule has 0 heterocycles. The van der Waals surface area contributed by atoms with Crippen molar-refractivity contribution < 1.29 is 9.13 Å². The molecule has 0 saturated heterocycles. The van der Waals surface area contributed by atoms with Gasteiger partial charge in [0.05, 0.1) is 9.50 Å². The van der Waals surface area contributed by atoms with Crippen molar-refractivity contribution in [3.8, 4) is 5.75 Å². The molecule has 2 rings (SSSR count). The van der Waals surface area contributed by atoms with Crippen molar-refractivity contribution in [1.29, 1.82) is 0 Å². The van der Waals surface area contributed by atoms with E-state index in [1.807, 2.05) is 25.2 Å². The fraction of sp³-hybridized carbons (Fsp3) is 0.200. The third-order valence-corrected chi connectivity index (χ3v) is 3.78. The summed E-state index contributed by atoms with van der Waals surface area (Å²) in [5.74, 6) is 0.415. The number of nitrogens with one attached hydrogen (secondary N) is 1. The number of rotatable bonds is 5. The molecule has 2 aromatic rings. The molecule has 0 aliphatic heterocycles. The monoisotopic (exact) mass is 357 g/mol. The smallest absolute Gasteiger partial charge is 0.138 e. The van der Waals surface area contributed by atoms with Crippen molar-refractivity contribution in [3.63, 3.8) is 0 Å². The summed E-state index contributed by atoms with van der Waals surface area (Å²) in [6.45, 7) is 0.990. The molecule has 2 nitrogen and oxygen atoms in total. The third-order valence-electron chi connectivity index (χ3n) is 2.80. The average molecular weight is 359 g/mol. The summed E-state index contributed by atoms with van der Waals surface area (Å²) in [5.41, 5.74) is 1.79. The summed E-state index contributed by atoms with van der Waals surface area (Å²) in [5, 5.41) is 3.46. The van der Waals surface area contributed by atoms with Gasteiger partial charge in [0.2, 0.25) is 0 Å². The van der Waals surface area contributed by atoms with Crippen LogP contribution in [0, 0.1) is 5.82 Å². The fourth-order valence-corrected chi connectivity index (χ4v) is 2.58. The van der Waals surface area contributed by atoms with E-state index in [1.54, 1.807) is 6.07 Å². The maximum atomic E-state index is 13.0. The standard InChI is InChI=1S/C15H14BrClFNO/c1-19-8-10-3-2-4-13(16)15(10)20-9-11-5-6-12(18)7-14(11)17/h2-7,19H,8-9H2,1H3. The first-order valence-corrected chi connectivity index (χ1v) is 7.27. The summed E-state index contributed by atoms with van der Waals surface area (Å²) in [6, 6.07) is 10.2. The summed E-state index contributed by atoms with van der Waals surface area (Å²) in [4.78, 5) is 0. The Morgan fingerprint density at radius 3 is 2.75 bits per heavy atom. The molecule has 0 saturated carbocycles. The van der Waals surface area contributed by atoms with Gasteiger partial charge in [-0.3, -0.25) is 0 Å². The van der Waals surface area contributed by atoms with Gasteiger partial charge in [0.1, 0.15) is 18.2 Å². The Balaban J connectivity index is 2.18. The summed E-state index contributed by atoms with van der Waals surface area (Å²) in [6.07, 6.45) is 0. The van der Waals surface area contributed by atoms with E-state index < -0.39 is 0 Å². The lowest BCUT2D eigenvalue weighted by atomic mass is 10.2. The molecule has 0 aliphatic rings. The highest BCUT2D eigenvalue weighted by Crippen LogP contribution is 2.30. The van der Waals surface area contributed by atoms with Crippen LogP contribution in [0.5, 0.6) is 5.75 Å². The molecule has 0 unspecified atom stereocenters. The van der Waals surface area contributed by atoms with Gasteiger partial charge < -0.3 is 10.1 Å². The third kappa shape index (κ3) is 3.72. The topological polar surface area (TPSA) is 21.3 Å². The first kappa shape index (κ1) is 15.3. The maximum Gasteiger partial charge on any atom is 0.138 e. The van der Waals surface area contributed by atoms with Gasteiger partial charge >= 0.3 is 0 Å². The molecular formula is C15H14BrClFNO. The SMILES string of the molecule is CNCc1cccc(Br)c1OCc1ccc(F)cc1Cl. The van der Waals surface area contributed by atoms with Crippen molar-refractivity contribution >= 4 is 27.5 Å². The van der Waals surface area contributed by atoms with Gasteiger partial charge in [-0.1, -0.05) is 29.8 Å². The predicted molar refractivity (Wildman–Crippen MR) is 82.6 cm³/mol. The first-order chi connectivity index (χ1) is 9.61.